The van der Waals surface area contributed by atoms with Crippen molar-refractivity contribution < 1.29 is 19.2 Å². The van der Waals surface area contributed by atoms with Crippen LogP contribution in [0, 0.1) is 12.8 Å². The zero-order valence-electron chi connectivity index (χ0n) is 20.9. The van der Waals surface area contributed by atoms with Crippen molar-refractivity contribution in [3.05, 3.63) is 71.9 Å². The van der Waals surface area contributed by atoms with Crippen molar-refractivity contribution in [1.29, 1.82) is 0 Å². The molecule has 11 heteroatoms. The number of nitrogens with one attached hydrogen (secondary N) is 1. The fraction of sp³-hybridized carbons (Fsp3) is 0.308. The monoisotopic (exact) mass is 503 g/mol. The Balaban J connectivity index is 1.61. The largest absolute Gasteiger partial charge is 0.384 e. The Morgan fingerprint density at radius 2 is 1.97 bits per heavy atom. The van der Waals surface area contributed by atoms with E-state index in [-0.39, 0.29) is 24.8 Å². The van der Waals surface area contributed by atoms with Gasteiger partial charge in [-0.25, -0.2) is 14.8 Å². The van der Waals surface area contributed by atoms with Crippen molar-refractivity contribution in [2.24, 2.45) is 10.9 Å². The number of urea groups is 1. The van der Waals surface area contributed by atoms with E-state index >= 15 is 0 Å². The molecule has 2 aliphatic heterocycles. The van der Waals surface area contributed by atoms with E-state index in [1.54, 1.807) is 25.1 Å². The molecule has 1 fully saturated rings. The fourth-order valence-corrected chi connectivity index (χ4v) is 4.63. The van der Waals surface area contributed by atoms with E-state index in [2.05, 4.69) is 21.9 Å². The number of aromatic nitrogens is 1. The van der Waals surface area contributed by atoms with Crippen LogP contribution < -0.4 is 11.1 Å². The van der Waals surface area contributed by atoms with E-state index in [1.165, 1.54) is 23.9 Å². The van der Waals surface area contributed by atoms with E-state index in [4.69, 9.17) is 5.73 Å². The van der Waals surface area contributed by atoms with Gasteiger partial charge < -0.3 is 11.1 Å². The lowest BCUT2D eigenvalue weighted by molar-refractivity contribution is -0.160. The lowest BCUT2D eigenvalue weighted by Gasteiger charge is -2.46. The number of rotatable bonds is 6. The number of aryl methyl sites for hydroxylation is 1. The number of β-lactam (4-membered cyclic amide) rings is 1. The maximum absolute atomic E-state index is 13.7. The minimum absolute atomic E-state index is 0.0751. The average Bonchev–Trinajstić information content (AvgIpc) is 3.20. The molecule has 3 N–H and O–H groups in total. The van der Waals surface area contributed by atoms with Crippen LogP contribution in [0.5, 0.6) is 0 Å². The predicted octanol–water partition coefficient (Wildman–Crippen LogP) is 1.27. The molecule has 1 saturated heterocycles. The molecule has 0 bridgehead atoms. The molecule has 0 radical (unpaired) electrons. The van der Waals surface area contributed by atoms with Crippen molar-refractivity contribution in [1.82, 2.24) is 25.0 Å². The highest BCUT2D eigenvalue weighted by Gasteiger charge is 2.56. The lowest BCUT2D eigenvalue weighted by atomic mass is 9.81. The van der Waals surface area contributed by atoms with E-state index in [9.17, 15) is 19.2 Å². The number of imide groups is 1. The summed E-state index contributed by atoms with van der Waals surface area (Å²) in [5, 5.41) is 2.78. The molecule has 0 saturated carbocycles. The van der Waals surface area contributed by atoms with Gasteiger partial charge in [0, 0.05) is 19.8 Å². The Labute approximate surface area is 214 Å². The number of nitrogen functional groups attached to an aromatic ring is 1. The fourth-order valence-electron chi connectivity index (χ4n) is 4.63. The molecule has 5 amide bonds. The van der Waals surface area contributed by atoms with Crippen molar-refractivity contribution in [3.8, 4) is 0 Å². The zero-order chi connectivity index (χ0) is 26.9. The Morgan fingerprint density at radius 3 is 2.57 bits per heavy atom. The molecule has 192 valence electrons. The van der Waals surface area contributed by atoms with Crippen LogP contribution in [0.25, 0.3) is 0 Å². The first-order valence-electron chi connectivity index (χ1n) is 11.7. The zero-order valence-corrected chi connectivity index (χ0v) is 20.9. The number of carbonyl (C=O) groups is 4. The van der Waals surface area contributed by atoms with Crippen molar-refractivity contribution in [2.45, 2.75) is 25.4 Å². The summed E-state index contributed by atoms with van der Waals surface area (Å²) in [6.07, 6.45) is 1.74. The van der Waals surface area contributed by atoms with Crippen LogP contribution in [-0.2, 0) is 20.8 Å². The van der Waals surface area contributed by atoms with E-state index < -0.39 is 35.8 Å². The van der Waals surface area contributed by atoms with Gasteiger partial charge in [-0.3, -0.25) is 29.1 Å². The molecule has 3 heterocycles. The highest BCUT2D eigenvalue weighted by molar-refractivity contribution is 6.14. The molecular weight excluding hydrogens is 474 g/mol. The van der Waals surface area contributed by atoms with Crippen molar-refractivity contribution in [2.75, 3.05) is 26.4 Å². The molecule has 0 unspecified atom stereocenters. The highest BCUT2D eigenvalue weighted by atomic mass is 16.2. The van der Waals surface area contributed by atoms with Crippen LogP contribution in [-0.4, -0.2) is 76.1 Å². The summed E-state index contributed by atoms with van der Waals surface area (Å²) in [5.41, 5.74) is 8.05. The number of benzene rings is 1. The number of likely N-dealkylation sites (N-methyl/N-ethyl adjacent to an activating group) is 2. The molecule has 37 heavy (non-hydrogen) atoms. The maximum atomic E-state index is 13.7. The van der Waals surface area contributed by atoms with Gasteiger partial charge in [-0.05, 0) is 36.6 Å². The van der Waals surface area contributed by atoms with Gasteiger partial charge in [0.2, 0.25) is 11.9 Å². The molecule has 11 nitrogen and oxygen atoms in total. The number of anilines is 1. The molecule has 3 atom stereocenters. The molecule has 0 spiro atoms. The first-order valence-corrected chi connectivity index (χ1v) is 11.7. The molecule has 1 aromatic heterocycles. The maximum Gasteiger partial charge on any atom is 0.325 e. The van der Waals surface area contributed by atoms with Crippen LogP contribution in [0.2, 0.25) is 0 Å². The summed E-state index contributed by atoms with van der Waals surface area (Å²) >= 11 is 0. The van der Waals surface area contributed by atoms with Gasteiger partial charge in [-0.15, -0.1) is 6.58 Å². The quantitative estimate of drug-likeness (QED) is 0.449. The average molecular weight is 504 g/mol. The van der Waals surface area contributed by atoms with E-state index in [0.717, 1.165) is 16.0 Å². The van der Waals surface area contributed by atoms with Crippen LogP contribution in [0.15, 0.2) is 60.1 Å². The summed E-state index contributed by atoms with van der Waals surface area (Å²) in [5.74, 6) is -1.65. The Morgan fingerprint density at radius 1 is 1.27 bits per heavy atom. The molecule has 2 aliphatic rings. The van der Waals surface area contributed by atoms with E-state index in [0.29, 0.717) is 11.5 Å². The van der Waals surface area contributed by atoms with Gasteiger partial charge in [0.05, 0.1) is 12.0 Å². The summed E-state index contributed by atoms with van der Waals surface area (Å²) in [6, 6.07) is 10.2. The van der Waals surface area contributed by atoms with Crippen LogP contribution >= 0.6 is 0 Å². The number of pyridine rings is 1. The van der Waals surface area contributed by atoms with Gasteiger partial charge in [0.15, 0.2) is 0 Å². The number of hydrogen-bond acceptors (Lipinski definition) is 7. The second kappa shape index (κ2) is 10.2. The number of amides is 5. The van der Waals surface area contributed by atoms with Crippen molar-refractivity contribution >= 4 is 35.5 Å². The Bertz CT molecular complexity index is 1270. The van der Waals surface area contributed by atoms with Gasteiger partial charge in [0.25, 0.3) is 11.8 Å². The number of hydrogen-bond donors (Lipinski definition) is 2. The first kappa shape index (κ1) is 25.5. The molecule has 0 aliphatic carbocycles. The smallest absolute Gasteiger partial charge is 0.325 e. The minimum atomic E-state index is -1.11. The number of carbonyl (C=O) groups excluding carboxylic acids is 4. The molecule has 2 aromatic rings. The highest BCUT2D eigenvalue weighted by Crippen LogP contribution is 2.33. The Hall–Kier alpha value is -4.54. The van der Waals surface area contributed by atoms with Gasteiger partial charge in [-0.1, -0.05) is 36.4 Å². The third-order valence-electron chi connectivity index (χ3n) is 6.51. The van der Waals surface area contributed by atoms with Crippen LogP contribution in [0.4, 0.5) is 10.6 Å². The number of nitrogens with two attached hydrogens (primary N) is 1. The minimum Gasteiger partial charge on any atom is -0.384 e. The van der Waals surface area contributed by atoms with Crippen molar-refractivity contribution in [3.63, 3.8) is 0 Å². The van der Waals surface area contributed by atoms with Gasteiger partial charge in [0.1, 0.15) is 18.4 Å². The van der Waals surface area contributed by atoms with Gasteiger partial charge in [-0.2, -0.15) is 0 Å². The standard InChI is InChI=1S/C26H29N7O4/c1-5-19(17-9-7-6-8-10-17)30-26(37)33-22(24(36)32(4)25-28-14-21(34)31(25)3)18(23(33)35)12-16-11-15(2)29-20(27)13-16/h5-11,13,18-19,22H,1,12,14H2,2-4H3,(H2,27,29)(H,30,37)/t18-,19-,22+/m1/s1. The van der Waals surface area contributed by atoms with Crippen LogP contribution in [0.3, 0.4) is 0 Å². The summed E-state index contributed by atoms with van der Waals surface area (Å²) in [7, 11) is 2.99. The number of likely N-dealkylation sites (tertiary alicyclic amines) is 1. The number of aliphatic imine (C=N–C) groups is 1. The summed E-state index contributed by atoms with van der Waals surface area (Å²) < 4.78 is 0. The van der Waals surface area contributed by atoms with Crippen LogP contribution in [0.1, 0.15) is 22.9 Å². The summed E-state index contributed by atoms with van der Waals surface area (Å²) in [4.78, 5) is 63.9. The molecule has 4 rings (SSSR count). The van der Waals surface area contributed by atoms with E-state index in [1.807, 2.05) is 30.3 Å². The SMILES string of the molecule is C=C[C@@H](NC(=O)N1C(=O)[C@H](Cc2cc(C)nc(N)c2)[C@H]1C(=O)N(C)C1=NCC(=O)N1C)c1ccccc1. The summed E-state index contributed by atoms with van der Waals surface area (Å²) in [6.45, 7) is 5.49. The number of guanidine groups is 1. The lowest BCUT2D eigenvalue weighted by Crippen LogP contribution is -2.71. The van der Waals surface area contributed by atoms with Gasteiger partial charge >= 0.3 is 6.03 Å². The first-order chi connectivity index (χ1) is 17.6. The third kappa shape index (κ3) is 4.92. The topological polar surface area (TPSA) is 141 Å². The second-order valence-corrected chi connectivity index (χ2v) is 9.05. The number of nitrogens with zero attached hydrogens (tertiary/aromatic N) is 5. The second-order valence-electron chi connectivity index (χ2n) is 9.05. The molecular formula is C26H29N7O4. The predicted molar refractivity (Wildman–Crippen MR) is 137 cm³/mol. The Kier molecular flexibility index (Phi) is 7.05. The third-order valence-corrected chi connectivity index (χ3v) is 6.51. The normalized spacial score (nSPS) is 19.7. The molecule has 1 aromatic carbocycles.